The van der Waals surface area contributed by atoms with Crippen molar-refractivity contribution in [2.24, 2.45) is 0 Å². The summed E-state index contributed by atoms with van der Waals surface area (Å²) in [6.07, 6.45) is 5.00. The van der Waals surface area contributed by atoms with Crippen LogP contribution in [0.3, 0.4) is 0 Å². The van der Waals surface area contributed by atoms with Crippen LogP contribution in [0.15, 0.2) is 0 Å². The van der Waals surface area contributed by atoms with Gasteiger partial charge in [-0.05, 0) is 32.7 Å². The summed E-state index contributed by atoms with van der Waals surface area (Å²) in [5.74, 6) is 0.834. The summed E-state index contributed by atoms with van der Waals surface area (Å²) in [5.41, 5.74) is 0. The molecule has 1 aromatic heterocycles. The fourth-order valence-corrected chi connectivity index (χ4v) is 2.33. The van der Waals surface area contributed by atoms with Crippen molar-refractivity contribution in [3.05, 3.63) is 11.6 Å². The Labute approximate surface area is 107 Å². The molecule has 1 fully saturated rings. The van der Waals surface area contributed by atoms with Gasteiger partial charge in [-0.15, -0.1) is 5.10 Å². The molecule has 1 aromatic rings. The highest BCUT2D eigenvalue weighted by molar-refractivity contribution is 5.90. The largest absolute Gasteiger partial charge is 0.347 e. The van der Waals surface area contributed by atoms with Gasteiger partial charge < -0.3 is 10.6 Å². The maximum absolute atomic E-state index is 11.9. The Morgan fingerprint density at radius 2 is 2.00 bits per heavy atom. The summed E-state index contributed by atoms with van der Waals surface area (Å²) < 4.78 is 0. The number of aromatic amines is 1. The van der Waals surface area contributed by atoms with Crippen LogP contribution in [-0.4, -0.2) is 40.2 Å². The van der Waals surface area contributed by atoms with Crippen LogP contribution in [0.4, 0.5) is 0 Å². The van der Waals surface area contributed by atoms with Crippen LogP contribution < -0.4 is 10.6 Å². The van der Waals surface area contributed by atoms with Crippen molar-refractivity contribution >= 4 is 5.91 Å². The summed E-state index contributed by atoms with van der Waals surface area (Å²) in [4.78, 5) is 16.1. The van der Waals surface area contributed by atoms with E-state index in [4.69, 9.17) is 0 Å². The van der Waals surface area contributed by atoms with E-state index in [1.807, 2.05) is 14.0 Å². The zero-order valence-electron chi connectivity index (χ0n) is 11.0. The van der Waals surface area contributed by atoms with E-state index in [2.05, 4.69) is 25.8 Å². The van der Waals surface area contributed by atoms with Crippen LogP contribution in [0.5, 0.6) is 0 Å². The van der Waals surface area contributed by atoms with E-state index >= 15 is 0 Å². The molecule has 2 rings (SSSR count). The summed E-state index contributed by atoms with van der Waals surface area (Å²) >= 11 is 0. The van der Waals surface area contributed by atoms with E-state index in [1.165, 1.54) is 0 Å². The summed E-state index contributed by atoms with van der Waals surface area (Å²) in [5, 5.41) is 13.0. The number of hydrogen-bond donors (Lipinski definition) is 3. The first kappa shape index (κ1) is 13.0. The highest BCUT2D eigenvalue weighted by Gasteiger charge is 2.23. The molecule has 3 N–H and O–H groups in total. The third kappa shape index (κ3) is 3.07. The van der Waals surface area contributed by atoms with Gasteiger partial charge in [0.05, 0.1) is 0 Å². The standard InChI is InChI=1S/C12H21N5O/c1-3-10-15-11(17-16-10)12(18)14-9-6-4-8(13-2)5-7-9/h8-9,13H,3-7H2,1-2H3,(H,14,18)(H,15,16,17). The Hall–Kier alpha value is -1.43. The molecule has 0 saturated heterocycles. The number of aryl methyl sites for hydroxylation is 1. The highest BCUT2D eigenvalue weighted by atomic mass is 16.2. The second-order valence-electron chi connectivity index (χ2n) is 4.77. The molecule has 100 valence electrons. The third-order valence-electron chi connectivity index (χ3n) is 3.54. The number of nitrogens with one attached hydrogen (secondary N) is 3. The average Bonchev–Trinajstić information content (AvgIpc) is 2.88. The molecule has 0 aromatic carbocycles. The number of hydrogen-bond acceptors (Lipinski definition) is 4. The van der Waals surface area contributed by atoms with Crippen molar-refractivity contribution in [3.63, 3.8) is 0 Å². The van der Waals surface area contributed by atoms with Gasteiger partial charge in [-0.3, -0.25) is 9.89 Å². The smallest absolute Gasteiger partial charge is 0.291 e. The molecule has 0 unspecified atom stereocenters. The van der Waals surface area contributed by atoms with Gasteiger partial charge in [0.1, 0.15) is 5.82 Å². The molecule has 1 heterocycles. The fraction of sp³-hybridized carbons (Fsp3) is 0.750. The van der Waals surface area contributed by atoms with Gasteiger partial charge in [-0.25, -0.2) is 4.98 Å². The van der Waals surface area contributed by atoms with Crippen LogP contribution in [0.25, 0.3) is 0 Å². The second kappa shape index (κ2) is 5.95. The van der Waals surface area contributed by atoms with Crippen LogP contribution in [0.1, 0.15) is 49.1 Å². The maximum Gasteiger partial charge on any atom is 0.291 e. The number of rotatable bonds is 4. The first-order chi connectivity index (χ1) is 8.72. The van der Waals surface area contributed by atoms with E-state index < -0.39 is 0 Å². The van der Waals surface area contributed by atoms with E-state index in [-0.39, 0.29) is 17.8 Å². The molecule has 0 spiro atoms. The second-order valence-corrected chi connectivity index (χ2v) is 4.77. The van der Waals surface area contributed by atoms with Crippen molar-refractivity contribution in [2.45, 2.75) is 51.1 Å². The molecular formula is C12H21N5O. The van der Waals surface area contributed by atoms with E-state index in [0.29, 0.717) is 6.04 Å². The topological polar surface area (TPSA) is 82.7 Å². The number of amides is 1. The Kier molecular flexibility index (Phi) is 4.30. The van der Waals surface area contributed by atoms with Gasteiger partial charge in [0.25, 0.3) is 5.91 Å². The molecule has 1 aliphatic carbocycles. The molecule has 0 atom stereocenters. The van der Waals surface area contributed by atoms with Crippen LogP contribution >= 0.6 is 0 Å². The normalized spacial score (nSPS) is 23.9. The first-order valence-electron chi connectivity index (χ1n) is 6.62. The maximum atomic E-state index is 11.9. The highest BCUT2D eigenvalue weighted by Crippen LogP contribution is 2.18. The van der Waals surface area contributed by atoms with Gasteiger partial charge in [-0.1, -0.05) is 6.92 Å². The van der Waals surface area contributed by atoms with Crippen LogP contribution in [0, 0.1) is 0 Å². The minimum Gasteiger partial charge on any atom is -0.347 e. The fourth-order valence-electron chi connectivity index (χ4n) is 2.33. The zero-order chi connectivity index (χ0) is 13.0. The lowest BCUT2D eigenvalue weighted by Crippen LogP contribution is -2.41. The summed E-state index contributed by atoms with van der Waals surface area (Å²) in [6, 6.07) is 0.846. The molecule has 6 heteroatoms. The van der Waals surface area contributed by atoms with Gasteiger partial charge in [-0.2, -0.15) is 0 Å². The van der Waals surface area contributed by atoms with Gasteiger partial charge >= 0.3 is 0 Å². The number of aromatic nitrogens is 3. The first-order valence-corrected chi connectivity index (χ1v) is 6.62. The van der Waals surface area contributed by atoms with E-state index in [1.54, 1.807) is 0 Å². The zero-order valence-corrected chi connectivity index (χ0v) is 11.0. The van der Waals surface area contributed by atoms with Crippen molar-refractivity contribution in [1.82, 2.24) is 25.8 Å². The predicted molar refractivity (Wildman–Crippen MR) is 68.3 cm³/mol. The third-order valence-corrected chi connectivity index (χ3v) is 3.54. The molecule has 0 radical (unpaired) electrons. The molecule has 0 bridgehead atoms. The minimum absolute atomic E-state index is 0.168. The molecule has 18 heavy (non-hydrogen) atoms. The predicted octanol–water partition coefficient (Wildman–Crippen LogP) is 0.627. The summed E-state index contributed by atoms with van der Waals surface area (Å²) in [7, 11) is 1.99. The SMILES string of the molecule is CCc1nc(C(=O)NC2CCC(NC)CC2)n[nH]1. The van der Waals surface area contributed by atoms with Crippen molar-refractivity contribution < 1.29 is 4.79 Å². The van der Waals surface area contributed by atoms with Gasteiger partial charge in [0.2, 0.25) is 5.82 Å². The summed E-state index contributed by atoms with van der Waals surface area (Å²) in [6.45, 7) is 1.97. The Bertz CT molecular complexity index is 395. The number of H-pyrrole nitrogens is 1. The van der Waals surface area contributed by atoms with Crippen molar-refractivity contribution in [3.8, 4) is 0 Å². The lowest BCUT2D eigenvalue weighted by atomic mass is 9.91. The number of carbonyl (C=O) groups excluding carboxylic acids is 1. The van der Waals surface area contributed by atoms with Crippen LogP contribution in [-0.2, 0) is 6.42 Å². The molecule has 1 saturated carbocycles. The minimum atomic E-state index is -0.168. The van der Waals surface area contributed by atoms with Crippen LogP contribution in [0.2, 0.25) is 0 Å². The Balaban J connectivity index is 1.84. The Morgan fingerprint density at radius 3 is 2.56 bits per heavy atom. The molecule has 1 aliphatic rings. The molecule has 0 aliphatic heterocycles. The molecule has 1 amide bonds. The quantitative estimate of drug-likeness (QED) is 0.733. The Morgan fingerprint density at radius 1 is 1.33 bits per heavy atom. The lowest BCUT2D eigenvalue weighted by molar-refractivity contribution is 0.0914. The monoisotopic (exact) mass is 251 g/mol. The van der Waals surface area contributed by atoms with Gasteiger partial charge in [0.15, 0.2) is 0 Å². The van der Waals surface area contributed by atoms with E-state index in [0.717, 1.165) is 37.9 Å². The number of nitrogens with zero attached hydrogens (tertiary/aromatic N) is 2. The number of carbonyl (C=O) groups is 1. The van der Waals surface area contributed by atoms with Gasteiger partial charge in [0, 0.05) is 18.5 Å². The van der Waals surface area contributed by atoms with E-state index in [9.17, 15) is 4.79 Å². The molecular weight excluding hydrogens is 230 g/mol. The average molecular weight is 251 g/mol. The molecule has 6 nitrogen and oxygen atoms in total. The lowest BCUT2D eigenvalue weighted by Gasteiger charge is -2.28. The van der Waals surface area contributed by atoms with Crippen molar-refractivity contribution in [1.29, 1.82) is 0 Å². The van der Waals surface area contributed by atoms with Crippen molar-refractivity contribution in [2.75, 3.05) is 7.05 Å².